The molecule has 1 aliphatic heterocycles. The molecule has 4 nitrogen and oxygen atoms in total. The quantitative estimate of drug-likeness (QED) is 0.892. The number of para-hydroxylation sites is 1. The first-order valence-electron chi connectivity index (χ1n) is 9.06. The summed E-state index contributed by atoms with van der Waals surface area (Å²) in [5.41, 5.74) is 0.800. The fraction of sp³-hybridized carbons (Fsp3) is 0.579. The summed E-state index contributed by atoms with van der Waals surface area (Å²) in [5.74, 6) is 2.67. The summed E-state index contributed by atoms with van der Waals surface area (Å²) in [6.07, 6.45) is 6.97. The predicted molar refractivity (Wildman–Crippen MR) is 91.5 cm³/mol. The lowest BCUT2D eigenvalue weighted by Crippen LogP contribution is -3.14. The summed E-state index contributed by atoms with van der Waals surface area (Å²) in [4.78, 5) is 21.7. The van der Waals surface area contributed by atoms with E-state index in [2.05, 4.69) is 11.9 Å². The molecule has 4 heteroatoms. The van der Waals surface area contributed by atoms with Gasteiger partial charge in [-0.15, -0.1) is 0 Å². The van der Waals surface area contributed by atoms with E-state index < -0.39 is 0 Å². The van der Waals surface area contributed by atoms with Gasteiger partial charge in [-0.25, -0.2) is 4.98 Å². The summed E-state index contributed by atoms with van der Waals surface area (Å²) < 4.78 is 0. The van der Waals surface area contributed by atoms with Crippen LogP contribution in [0.2, 0.25) is 0 Å². The number of nitrogens with zero attached hydrogens (tertiary/aromatic N) is 1. The molecule has 4 rings (SSSR count). The number of benzene rings is 1. The van der Waals surface area contributed by atoms with Gasteiger partial charge in [0.2, 0.25) is 0 Å². The zero-order valence-corrected chi connectivity index (χ0v) is 13.8. The highest BCUT2D eigenvalue weighted by molar-refractivity contribution is 5.77. The van der Waals surface area contributed by atoms with Crippen molar-refractivity contribution in [1.82, 2.24) is 9.97 Å². The number of H-pyrrole nitrogens is 1. The third kappa shape index (κ3) is 2.80. The van der Waals surface area contributed by atoms with Gasteiger partial charge in [0, 0.05) is 5.92 Å². The van der Waals surface area contributed by atoms with E-state index in [1.165, 1.54) is 45.2 Å². The number of aromatic amines is 1. The number of hydrogen-bond donors (Lipinski definition) is 2. The zero-order chi connectivity index (χ0) is 15.8. The van der Waals surface area contributed by atoms with Gasteiger partial charge in [-0.05, 0) is 44.2 Å². The monoisotopic (exact) mass is 312 g/mol. The maximum Gasteiger partial charge on any atom is 0.258 e. The molecule has 0 bridgehead atoms. The standard InChI is InChI=1S/C19H25N3O/c1-13(22-11-10-14-6-2-3-7-15(14)12-22)18-20-17-9-5-4-8-16(17)19(23)21-18/h4-5,8-9,13-15H,2-3,6-7,10-12H2,1H3,(H,20,21,23)/p+1/t13-,14-,15+/m0/s1. The fourth-order valence-corrected chi connectivity index (χ4v) is 4.64. The normalized spacial score (nSPS) is 29.2. The second kappa shape index (κ2) is 6.08. The van der Waals surface area contributed by atoms with Crippen molar-refractivity contribution in [3.63, 3.8) is 0 Å². The van der Waals surface area contributed by atoms with E-state index >= 15 is 0 Å². The minimum absolute atomic E-state index is 0.00981. The van der Waals surface area contributed by atoms with Crippen LogP contribution in [0.15, 0.2) is 29.1 Å². The van der Waals surface area contributed by atoms with Gasteiger partial charge in [0.1, 0.15) is 6.04 Å². The number of piperidine rings is 1. The van der Waals surface area contributed by atoms with Crippen LogP contribution in [0, 0.1) is 11.8 Å². The highest BCUT2D eigenvalue weighted by Crippen LogP contribution is 2.32. The van der Waals surface area contributed by atoms with Crippen molar-refractivity contribution in [2.24, 2.45) is 11.8 Å². The van der Waals surface area contributed by atoms with Crippen LogP contribution in [0.5, 0.6) is 0 Å². The van der Waals surface area contributed by atoms with Crippen molar-refractivity contribution in [3.05, 3.63) is 40.4 Å². The Hall–Kier alpha value is -1.68. The number of rotatable bonds is 2. The summed E-state index contributed by atoms with van der Waals surface area (Å²) in [5, 5.41) is 0.685. The highest BCUT2D eigenvalue weighted by atomic mass is 16.1. The molecule has 1 aliphatic carbocycles. The number of likely N-dealkylation sites (tertiary alicyclic amines) is 1. The Balaban J connectivity index is 1.59. The maximum atomic E-state index is 12.3. The van der Waals surface area contributed by atoms with Crippen molar-refractivity contribution in [2.45, 2.75) is 45.1 Å². The molecule has 2 aliphatic rings. The molecule has 23 heavy (non-hydrogen) atoms. The Morgan fingerprint density at radius 1 is 1.17 bits per heavy atom. The topological polar surface area (TPSA) is 50.2 Å². The minimum Gasteiger partial charge on any atom is -0.326 e. The molecule has 1 saturated heterocycles. The van der Waals surface area contributed by atoms with E-state index in [0.29, 0.717) is 5.39 Å². The molecule has 2 aromatic rings. The number of nitrogens with one attached hydrogen (secondary N) is 2. The third-order valence-electron chi connectivity index (χ3n) is 6.08. The third-order valence-corrected chi connectivity index (χ3v) is 6.08. The molecular weight excluding hydrogens is 286 g/mol. The molecule has 122 valence electrons. The van der Waals surface area contributed by atoms with Gasteiger partial charge in [-0.1, -0.05) is 25.0 Å². The first-order valence-corrected chi connectivity index (χ1v) is 9.06. The summed E-state index contributed by atoms with van der Waals surface area (Å²) >= 11 is 0. The van der Waals surface area contributed by atoms with Crippen molar-refractivity contribution in [2.75, 3.05) is 13.1 Å². The van der Waals surface area contributed by atoms with Gasteiger partial charge in [0.05, 0.1) is 24.0 Å². The molecule has 0 radical (unpaired) electrons. The Morgan fingerprint density at radius 2 is 1.96 bits per heavy atom. The van der Waals surface area contributed by atoms with Crippen LogP contribution >= 0.6 is 0 Å². The molecule has 1 aromatic heterocycles. The minimum atomic E-state index is -0.00981. The fourth-order valence-electron chi connectivity index (χ4n) is 4.64. The summed E-state index contributed by atoms with van der Waals surface area (Å²) in [7, 11) is 0. The molecule has 2 fully saturated rings. The average Bonchev–Trinajstić information content (AvgIpc) is 2.60. The highest BCUT2D eigenvalue weighted by Gasteiger charge is 2.36. The van der Waals surface area contributed by atoms with Gasteiger partial charge < -0.3 is 9.88 Å². The lowest BCUT2D eigenvalue weighted by Gasteiger charge is -2.40. The van der Waals surface area contributed by atoms with E-state index in [0.717, 1.165) is 23.2 Å². The lowest BCUT2D eigenvalue weighted by molar-refractivity contribution is -0.940. The summed E-state index contributed by atoms with van der Waals surface area (Å²) in [6.45, 7) is 4.66. The Bertz CT molecular complexity index is 754. The van der Waals surface area contributed by atoms with Gasteiger partial charge in [-0.3, -0.25) is 4.79 Å². The van der Waals surface area contributed by atoms with Crippen molar-refractivity contribution in [3.8, 4) is 0 Å². The number of hydrogen-bond acceptors (Lipinski definition) is 2. The Labute approximate surface area is 136 Å². The molecule has 2 N–H and O–H groups in total. The maximum absolute atomic E-state index is 12.3. The molecule has 1 saturated carbocycles. The number of fused-ring (bicyclic) bond motifs is 2. The Morgan fingerprint density at radius 3 is 2.83 bits per heavy atom. The van der Waals surface area contributed by atoms with Crippen LogP contribution in [0.25, 0.3) is 10.9 Å². The van der Waals surface area contributed by atoms with Gasteiger partial charge in [0.15, 0.2) is 5.82 Å². The van der Waals surface area contributed by atoms with Crippen LogP contribution in [0.3, 0.4) is 0 Å². The molecule has 1 unspecified atom stereocenters. The first-order chi connectivity index (χ1) is 11.2. The molecule has 1 aromatic carbocycles. The van der Waals surface area contributed by atoms with Crippen molar-refractivity contribution in [1.29, 1.82) is 0 Å². The van der Waals surface area contributed by atoms with E-state index in [4.69, 9.17) is 4.98 Å². The van der Waals surface area contributed by atoms with Crippen LogP contribution in [-0.4, -0.2) is 23.1 Å². The van der Waals surface area contributed by atoms with Crippen LogP contribution in [-0.2, 0) is 0 Å². The van der Waals surface area contributed by atoms with Gasteiger partial charge in [-0.2, -0.15) is 0 Å². The molecule has 2 heterocycles. The SMILES string of the molecule is C[C@@H](c1nc2ccccc2c(=O)[nH]1)[NH+]1CC[C@@H]2CCCC[C@@H]2C1. The van der Waals surface area contributed by atoms with E-state index in [9.17, 15) is 4.79 Å². The van der Waals surface area contributed by atoms with E-state index in [-0.39, 0.29) is 11.6 Å². The second-order valence-electron chi connectivity index (χ2n) is 7.40. The summed E-state index contributed by atoms with van der Waals surface area (Å²) in [6, 6.07) is 7.88. The smallest absolute Gasteiger partial charge is 0.258 e. The van der Waals surface area contributed by atoms with Gasteiger partial charge >= 0.3 is 0 Å². The van der Waals surface area contributed by atoms with Crippen LogP contribution < -0.4 is 10.5 Å². The van der Waals surface area contributed by atoms with Crippen LogP contribution in [0.1, 0.15) is 50.9 Å². The van der Waals surface area contributed by atoms with Crippen molar-refractivity contribution >= 4 is 10.9 Å². The van der Waals surface area contributed by atoms with Gasteiger partial charge in [0.25, 0.3) is 5.56 Å². The average molecular weight is 312 g/mol. The van der Waals surface area contributed by atoms with E-state index in [1.54, 1.807) is 4.90 Å². The molecule has 4 atom stereocenters. The zero-order valence-electron chi connectivity index (χ0n) is 13.8. The van der Waals surface area contributed by atoms with Crippen molar-refractivity contribution < 1.29 is 4.90 Å². The first kappa shape index (κ1) is 14.9. The second-order valence-corrected chi connectivity index (χ2v) is 7.40. The molecule has 0 spiro atoms. The molecular formula is C19H26N3O+. The lowest BCUT2D eigenvalue weighted by atomic mass is 9.75. The number of aromatic nitrogens is 2. The number of quaternary nitrogens is 1. The predicted octanol–water partition coefficient (Wildman–Crippen LogP) is 2.08. The van der Waals surface area contributed by atoms with E-state index in [1.807, 2.05) is 24.3 Å². The van der Waals surface area contributed by atoms with Crippen LogP contribution in [0.4, 0.5) is 0 Å². The molecule has 0 amide bonds. The Kier molecular flexibility index (Phi) is 3.93. The largest absolute Gasteiger partial charge is 0.326 e.